The van der Waals surface area contributed by atoms with Crippen molar-refractivity contribution in [2.45, 2.75) is 6.92 Å². The van der Waals surface area contributed by atoms with E-state index in [2.05, 4.69) is 10.6 Å². The van der Waals surface area contributed by atoms with Crippen molar-refractivity contribution in [1.29, 1.82) is 0 Å². The Kier molecular flexibility index (Phi) is 6.70. The minimum Gasteiger partial charge on any atom is -0.494 e. The average molecular weight is 373 g/mol. The van der Waals surface area contributed by atoms with Gasteiger partial charge in [-0.25, -0.2) is 4.79 Å². The van der Waals surface area contributed by atoms with Gasteiger partial charge in [-0.15, -0.1) is 0 Å². The second-order valence-corrected chi connectivity index (χ2v) is 5.32. The summed E-state index contributed by atoms with van der Waals surface area (Å²) in [6.45, 7) is 1.88. The van der Waals surface area contributed by atoms with Gasteiger partial charge >= 0.3 is 5.97 Å². The van der Waals surface area contributed by atoms with Crippen LogP contribution in [-0.4, -0.2) is 37.1 Å². The van der Waals surface area contributed by atoms with Crippen molar-refractivity contribution in [2.24, 2.45) is 0 Å². The fourth-order valence-electron chi connectivity index (χ4n) is 2.23. The first-order valence-electron chi connectivity index (χ1n) is 8.10. The number of nitro benzene ring substituents is 1. The van der Waals surface area contributed by atoms with Crippen molar-refractivity contribution in [3.63, 3.8) is 0 Å². The van der Waals surface area contributed by atoms with E-state index in [0.717, 1.165) is 6.07 Å². The van der Waals surface area contributed by atoms with Crippen LogP contribution in [0.2, 0.25) is 0 Å². The number of esters is 1. The molecule has 0 unspecified atom stereocenters. The van der Waals surface area contributed by atoms with Gasteiger partial charge in [0.05, 0.1) is 17.1 Å². The summed E-state index contributed by atoms with van der Waals surface area (Å²) in [5, 5.41) is 16.3. The van der Waals surface area contributed by atoms with Gasteiger partial charge in [0.1, 0.15) is 11.4 Å². The minimum atomic E-state index is -0.831. The molecular formula is C18H19N3O6. The molecule has 9 heteroatoms. The highest BCUT2D eigenvalue weighted by Crippen LogP contribution is 2.25. The summed E-state index contributed by atoms with van der Waals surface area (Å²) in [5.74, 6) is -0.690. The van der Waals surface area contributed by atoms with Crippen molar-refractivity contribution in [1.82, 2.24) is 0 Å². The lowest BCUT2D eigenvalue weighted by Gasteiger charge is -2.08. The number of nitro groups is 1. The molecule has 2 N–H and O–H groups in total. The van der Waals surface area contributed by atoms with Gasteiger partial charge in [0.15, 0.2) is 6.61 Å². The first-order valence-corrected chi connectivity index (χ1v) is 8.10. The fraction of sp³-hybridized carbons (Fsp3) is 0.222. The molecule has 142 valence electrons. The standard InChI is InChI=1S/C18H19N3O6/c1-3-26-14-7-5-13(6-8-14)20-17(22)11-27-18(23)12-4-9-15(19-2)16(10-12)21(24)25/h4-10,19H,3,11H2,1-2H3,(H,20,22). The number of nitrogens with one attached hydrogen (secondary N) is 2. The normalized spacial score (nSPS) is 10.0. The Hall–Kier alpha value is -3.62. The smallest absolute Gasteiger partial charge is 0.338 e. The largest absolute Gasteiger partial charge is 0.494 e. The topological polar surface area (TPSA) is 120 Å². The van der Waals surface area contributed by atoms with Gasteiger partial charge in [-0.3, -0.25) is 14.9 Å². The quantitative estimate of drug-likeness (QED) is 0.415. The van der Waals surface area contributed by atoms with Gasteiger partial charge in [0, 0.05) is 18.8 Å². The molecule has 9 nitrogen and oxygen atoms in total. The minimum absolute atomic E-state index is 0.0189. The number of rotatable bonds is 8. The summed E-state index contributed by atoms with van der Waals surface area (Å²) in [4.78, 5) is 34.3. The molecule has 2 aromatic carbocycles. The number of carbonyl (C=O) groups excluding carboxylic acids is 2. The summed E-state index contributed by atoms with van der Waals surface area (Å²) in [7, 11) is 1.53. The van der Waals surface area contributed by atoms with E-state index in [9.17, 15) is 19.7 Å². The summed E-state index contributed by atoms with van der Waals surface area (Å²) in [6, 6.07) is 10.6. The third-order valence-corrected chi connectivity index (χ3v) is 3.48. The Morgan fingerprint density at radius 1 is 1.15 bits per heavy atom. The van der Waals surface area contributed by atoms with Crippen LogP contribution in [0, 0.1) is 10.1 Å². The highest BCUT2D eigenvalue weighted by Gasteiger charge is 2.18. The molecule has 1 amide bonds. The average Bonchev–Trinajstić information content (AvgIpc) is 2.67. The van der Waals surface area contributed by atoms with E-state index in [1.54, 1.807) is 24.3 Å². The molecule has 0 fully saturated rings. The van der Waals surface area contributed by atoms with Crippen LogP contribution in [0.25, 0.3) is 0 Å². The van der Waals surface area contributed by atoms with Crippen molar-refractivity contribution in [3.05, 3.63) is 58.1 Å². The molecule has 2 aromatic rings. The van der Waals surface area contributed by atoms with Crippen molar-refractivity contribution in [3.8, 4) is 5.75 Å². The number of nitrogens with zero attached hydrogens (tertiary/aromatic N) is 1. The number of benzene rings is 2. The number of ether oxygens (including phenoxy) is 2. The Bertz CT molecular complexity index is 835. The molecule has 0 saturated heterocycles. The third-order valence-electron chi connectivity index (χ3n) is 3.48. The zero-order valence-electron chi connectivity index (χ0n) is 14.9. The van der Waals surface area contributed by atoms with E-state index < -0.39 is 23.4 Å². The molecule has 0 atom stereocenters. The maximum atomic E-state index is 12.0. The second kappa shape index (κ2) is 9.18. The van der Waals surface area contributed by atoms with Gasteiger partial charge in [0.25, 0.3) is 11.6 Å². The number of carbonyl (C=O) groups is 2. The van der Waals surface area contributed by atoms with Crippen LogP contribution in [0.4, 0.5) is 17.1 Å². The molecule has 0 radical (unpaired) electrons. The maximum Gasteiger partial charge on any atom is 0.338 e. The van der Waals surface area contributed by atoms with Gasteiger partial charge in [-0.2, -0.15) is 0 Å². The van der Waals surface area contributed by atoms with Gasteiger partial charge in [-0.1, -0.05) is 0 Å². The SMILES string of the molecule is CCOc1ccc(NC(=O)COC(=O)c2ccc(NC)c([N+](=O)[O-])c2)cc1. The lowest BCUT2D eigenvalue weighted by Crippen LogP contribution is -2.21. The Balaban J connectivity index is 1.93. The van der Waals surface area contributed by atoms with Crippen molar-refractivity contribution >= 4 is 28.9 Å². The molecular weight excluding hydrogens is 354 g/mol. The van der Waals surface area contributed by atoms with E-state index in [-0.39, 0.29) is 16.9 Å². The third kappa shape index (κ3) is 5.43. The molecule has 0 aliphatic carbocycles. The van der Waals surface area contributed by atoms with E-state index in [1.165, 1.54) is 19.2 Å². The van der Waals surface area contributed by atoms with Crippen LogP contribution in [0.3, 0.4) is 0 Å². The molecule has 0 aliphatic rings. The highest BCUT2D eigenvalue weighted by atomic mass is 16.6. The Labute approximate surface area is 155 Å². The Morgan fingerprint density at radius 3 is 2.44 bits per heavy atom. The molecule has 0 bridgehead atoms. The van der Waals surface area contributed by atoms with Crippen LogP contribution in [-0.2, 0) is 9.53 Å². The summed E-state index contributed by atoms with van der Waals surface area (Å²) in [6.07, 6.45) is 0. The molecule has 0 heterocycles. The monoisotopic (exact) mass is 373 g/mol. The number of hydrogen-bond donors (Lipinski definition) is 2. The van der Waals surface area contributed by atoms with Gasteiger partial charge < -0.3 is 20.1 Å². The van der Waals surface area contributed by atoms with E-state index in [0.29, 0.717) is 18.0 Å². The highest BCUT2D eigenvalue weighted by molar-refractivity contribution is 5.96. The van der Waals surface area contributed by atoms with E-state index in [1.807, 2.05) is 6.92 Å². The molecule has 0 aromatic heterocycles. The number of anilines is 2. The van der Waals surface area contributed by atoms with Crippen molar-refractivity contribution < 1.29 is 24.0 Å². The lowest BCUT2D eigenvalue weighted by atomic mass is 10.1. The van der Waals surface area contributed by atoms with Gasteiger partial charge in [-0.05, 0) is 43.3 Å². The fourth-order valence-corrected chi connectivity index (χ4v) is 2.23. The molecule has 0 aliphatic heterocycles. The molecule has 0 saturated carbocycles. The first kappa shape index (κ1) is 19.7. The van der Waals surface area contributed by atoms with E-state index >= 15 is 0 Å². The maximum absolute atomic E-state index is 12.0. The Morgan fingerprint density at radius 2 is 1.85 bits per heavy atom. The van der Waals surface area contributed by atoms with Crippen LogP contribution in [0.15, 0.2) is 42.5 Å². The van der Waals surface area contributed by atoms with Crippen LogP contribution in [0.5, 0.6) is 5.75 Å². The van der Waals surface area contributed by atoms with Crippen LogP contribution in [0.1, 0.15) is 17.3 Å². The van der Waals surface area contributed by atoms with Gasteiger partial charge in [0.2, 0.25) is 0 Å². The zero-order valence-corrected chi connectivity index (χ0v) is 14.9. The second-order valence-electron chi connectivity index (χ2n) is 5.32. The van der Waals surface area contributed by atoms with Crippen molar-refractivity contribution in [2.75, 3.05) is 30.9 Å². The summed E-state index contributed by atoms with van der Waals surface area (Å²) >= 11 is 0. The first-order chi connectivity index (χ1) is 12.9. The number of hydrogen-bond acceptors (Lipinski definition) is 7. The number of amides is 1. The molecule has 2 rings (SSSR count). The molecule has 0 spiro atoms. The zero-order chi connectivity index (χ0) is 19.8. The summed E-state index contributed by atoms with van der Waals surface area (Å²) in [5.41, 5.74) is 0.513. The van der Waals surface area contributed by atoms with E-state index in [4.69, 9.17) is 9.47 Å². The summed E-state index contributed by atoms with van der Waals surface area (Å²) < 4.78 is 10.2. The predicted molar refractivity (Wildman–Crippen MR) is 99.2 cm³/mol. The predicted octanol–water partition coefficient (Wildman–Crippen LogP) is 2.83. The molecule has 27 heavy (non-hydrogen) atoms. The lowest BCUT2D eigenvalue weighted by molar-refractivity contribution is -0.384. The van der Waals surface area contributed by atoms with Crippen LogP contribution >= 0.6 is 0 Å². The van der Waals surface area contributed by atoms with Crippen LogP contribution < -0.4 is 15.4 Å².